The number of imide groups is 1. The summed E-state index contributed by atoms with van der Waals surface area (Å²) >= 11 is 0. The summed E-state index contributed by atoms with van der Waals surface area (Å²) in [6.45, 7) is 2.31. The van der Waals surface area contributed by atoms with Crippen LogP contribution in [0.3, 0.4) is 0 Å². The predicted molar refractivity (Wildman–Crippen MR) is 99.7 cm³/mol. The molecule has 0 aliphatic carbocycles. The van der Waals surface area contributed by atoms with Gasteiger partial charge in [-0.2, -0.15) is 0 Å². The summed E-state index contributed by atoms with van der Waals surface area (Å²) < 4.78 is 0. The molecule has 26 heavy (non-hydrogen) atoms. The molecular formula is C19H27N5O2. The fourth-order valence-corrected chi connectivity index (χ4v) is 3.70. The number of nitrogens with one attached hydrogen (secondary N) is 3. The average molecular weight is 357 g/mol. The van der Waals surface area contributed by atoms with Gasteiger partial charge in [0.05, 0.1) is 12.1 Å². The molecule has 3 rings (SSSR count). The van der Waals surface area contributed by atoms with Crippen LogP contribution in [-0.2, 0) is 16.1 Å². The average Bonchev–Trinajstić information content (AvgIpc) is 3.11. The first-order valence-electron chi connectivity index (χ1n) is 9.30. The first kappa shape index (κ1) is 18.5. The Morgan fingerprint density at radius 2 is 1.92 bits per heavy atom. The topological polar surface area (TPSA) is 111 Å². The zero-order valence-corrected chi connectivity index (χ0v) is 15.0. The molecule has 0 bridgehead atoms. The maximum atomic E-state index is 12.6. The zero-order valence-electron chi connectivity index (χ0n) is 15.0. The van der Waals surface area contributed by atoms with E-state index in [4.69, 9.17) is 11.1 Å². The molecule has 2 aliphatic rings. The van der Waals surface area contributed by atoms with E-state index in [1.165, 1.54) is 0 Å². The standard InChI is InChI=1S/C19H27N5O2/c20-17(21)14-8-6-13(7-9-14)12-24-11-3-5-16(24)19(26)23-18(25)15-4-1-2-10-22-15/h6-9,15-16,22H,1-5,10-12H2,(H3,20,21)(H,23,25,26)/t15-,16+/m1/s1. The maximum absolute atomic E-state index is 12.6. The summed E-state index contributed by atoms with van der Waals surface area (Å²) in [6.07, 6.45) is 4.60. The molecule has 2 atom stereocenters. The van der Waals surface area contributed by atoms with Crippen LogP contribution in [0.25, 0.3) is 0 Å². The second-order valence-electron chi connectivity index (χ2n) is 7.10. The van der Waals surface area contributed by atoms with Gasteiger partial charge in [0, 0.05) is 12.1 Å². The van der Waals surface area contributed by atoms with E-state index in [-0.39, 0.29) is 29.7 Å². The number of rotatable bonds is 5. The summed E-state index contributed by atoms with van der Waals surface area (Å²) in [4.78, 5) is 27.0. The molecule has 0 saturated carbocycles. The Kier molecular flexibility index (Phi) is 6.00. The van der Waals surface area contributed by atoms with Crippen molar-refractivity contribution >= 4 is 17.6 Å². The van der Waals surface area contributed by atoms with E-state index >= 15 is 0 Å². The molecule has 1 aromatic carbocycles. The smallest absolute Gasteiger partial charge is 0.243 e. The molecule has 2 fully saturated rings. The molecule has 0 radical (unpaired) electrons. The highest BCUT2D eigenvalue weighted by Crippen LogP contribution is 2.21. The SMILES string of the molecule is N=C(N)c1ccc(CN2CCC[C@H]2C(=O)NC(=O)[C@H]2CCCCN2)cc1. The van der Waals surface area contributed by atoms with Crippen LogP contribution in [0, 0.1) is 5.41 Å². The highest BCUT2D eigenvalue weighted by molar-refractivity contribution is 6.00. The lowest BCUT2D eigenvalue weighted by Gasteiger charge is -2.26. The quantitative estimate of drug-likeness (QED) is 0.352. The number of carbonyl (C=O) groups is 2. The third-order valence-electron chi connectivity index (χ3n) is 5.19. The minimum absolute atomic E-state index is 0.0461. The highest BCUT2D eigenvalue weighted by atomic mass is 16.2. The first-order chi connectivity index (χ1) is 12.5. The molecule has 7 heteroatoms. The van der Waals surface area contributed by atoms with E-state index in [0.29, 0.717) is 12.1 Å². The number of hydrogen-bond donors (Lipinski definition) is 4. The van der Waals surface area contributed by atoms with Crippen molar-refractivity contribution in [3.8, 4) is 0 Å². The van der Waals surface area contributed by atoms with Crippen LogP contribution in [-0.4, -0.2) is 47.7 Å². The molecule has 1 aromatic rings. The van der Waals surface area contributed by atoms with Gasteiger partial charge in [-0.15, -0.1) is 0 Å². The Labute approximate surface area is 153 Å². The third kappa shape index (κ3) is 4.47. The van der Waals surface area contributed by atoms with Gasteiger partial charge in [0.25, 0.3) is 0 Å². The van der Waals surface area contributed by atoms with Gasteiger partial charge in [0.2, 0.25) is 11.8 Å². The van der Waals surface area contributed by atoms with Crippen molar-refractivity contribution < 1.29 is 9.59 Å². The largest absolute Gasteiger partial charge is 0.384 e. The van der Waals surface area contributed by atoms with Crippen molar-refractivity contribution in [2.45, 2.75) is 50.7 Å². The number of nitrogen functional groups attached to an aromatic ring is 1. The van der Waals surface area contributed by atoms with E-state index in [1.807, 2.05) is 24.3 Å². The van der Waals surface area contributed by atoms with Crippen LogP contribution < -0.4 is 16.4 Å². The first-order valence-corrected chi connectivity index (χ1v) is 9.30. The van der Waals surface area contributed by atoms with Gasteiger partial charge in [-0.3, -0.25) is 25.2 Å². The van der Waals surface area contributed by atoms with E-state index in [0.717, 1.165) is 50.8 Å². The number of hydrogen-bond acceptors (Lipinski definition) is 5. The number of carbonyl (C=O) groups excluding carboxylic acids is 2. The van der Waals surface area contributed by atoms with Gasteiger partial charge in [0.1, 0.15) is 5.84 Å². The monoisotopic (exact) mass is 357 g/mol. The van der Waals surface area contributed by atoms with Gasteiger partial charge in [-0.05, 0) is 44.3 Å². The Morgan fingerprint density at radius 1 is 1.15 bits per heavy atom. The van der Waals surface area contributed by atoms with Crippen LogP contribution in [0.1, 0.15) is 43.2 Å². The fourth-order valence-electron chi connectivity index (χ4n) is 3.70. The number of nitrogens with two attached hydrogens (primary N) is 1. The Balaban J connectivity index is 1.57. The van der Waals surface area contributed by atoms with E-state index in [9.17, 15) is 9.59 Å². The normalized spacial score (nSPS) is 23.5. The minimum Gasteiger partial charge on any atom is -0.384 e. The van der Waals surface area contributed by atoms with Crippen LogP contribution in [0.5, 0.6) is 0 Å². The Hall–Kier alpha value is -2.25. The lowest BCUT2D eigenvalue weighted by Crippen LogP contribution is -2.52. The van der Waals surface area contributed by atoms with Crippen LogP contribution in [0.2, 0.25) is 0 Å². The number of benzene rings is 1. The summed E-state index contributed by atoms with van der Waals surface area (Å²) in [7, 11) is 0. The van der Waals surface area contributed by atoms with E-state index in [1.54, 1.807) is 0 Å². The maximum Gasteiger partial charge on any atom is 0.243 e. The van der Waals surface area contributed by atoms with Gasteiger partial charge in [-0.25, -0.2) is 0 Å². The van der Waals surface area contributed by atoms with Crippen molar-refractivity contribution in [3.63, 3.8) is 0 Å². The summed E-state index contributed by atoms with van der Waals surface area (Å²) in [5.41, 5.74) is 7.23. The minimum atomic E-state index is -0.268. The Bertz CT molecular complexity index is 667. The molecular weight excluding hydrogens is 330 g/mol. The number of likely N-dealkylation sites (tertiary alicyclic amines) is 1. The second-order valence-corrected chi connectivity index (χ2v) is 7.10. The van der Waals surface area contributed by atoms with Crippen molar-refractivity contribution in [2.75, 3.05) is 13.1 Å². The van der Waals surface area contributed by atoms with Crippen molar-refractivity contribution in [3.05, 3.63) is 35.4 Å². The van der Waals surface area contributed by atoms with Gasteiger partial charge < -0.3 is 11.1 Å². The van der Waals surface area contributed by atoms with Crippen LogP contribution >= 0.6 is 0 Å². The number of amidine groups is 1. The van der Waals surface area contributed by atoms with Crippen molar-refractivity contribution in [1.29, 1.82) is 5.41 Å². The van der Waals surface area contributed by atoms with E-state index < -0.39 is 0 Å². The van der Waals surface area contributed by atoms with Gasteiger partial charge in [0.15, 0.2) is 0 Å². The summed E-state index contributed by atoms with van der Waals surface area (Å²) in [6, 6.07) is 6.99. The molecule has 0 unspecified atom stereocenters. The number of amides is 2. The van der Waals surface area contributed by atoms with Crippen molar-refractivity contribution in [1.82, 2.24) is 15.5 Å². The highest BCUT2D eigenvalue weighted by Gasteiger charge is 2.33. The van der Waals surface area contributed by atoms with Gasteiger partial charge >= 0.3 is 0 Å². The molecule has 2 saturated heterocycles. The van der Waals surface area contributed by atoms with Crippen LogP contribution in [0.4, 0.5) is 0 Å². The number of nitrogens with zero attached hydrogens (tertiary/aromatic N) is 1. The molecule has 7 nitrogen and oxygen atoms in total. The lowest BCUT2D eigenvalue weighted by atomic mass is 10.0. The molecule has 0 aromatic heterocycles. The molecule has 2 heterocycles. The molecule has 140 valence electrons. The predicted octanol–water partition coefficient (Wildman–Crippen LogP) is 0.720. The molecule has 5 N–H and O–H groups in total. The number of piperidine rings is 1. The molecule has 2 aliphatic heterocycles. The van der Waals surface area contributed by atoms with Crippen LogP contribution in [0.15, 0.2) is 24.3 Å². The summed E-state index contributed by atoms with van der Waals surface area (Å²) in [5.74, 6) is -0.350. The lowest BCUT2D eigenvalue weighted by molar-refractivity contribution is -0.134. The Morgan fingerprint density at radius 3 is 2.58 bits per heavy atom. The molecule has 0 spiro atoms. The van der Waals surface area contributed by atoms with E-state index in [2.05, 4.69) is 15.5 Å². The van der Waals surface area contributed by atoms with Gasteiger partial charge in [-0.1, -0.05) is 30.7 Å². The fraction of sp³-hybridized carbons (Fsp3) is 0.526. The van der Waals surface area contributed by atoms with Crippen molar-refractivity contribution in [2.24, 2.45) is 5.73 Å². The third-order valence-corrected chi connectivity index (χ3v) is 5.19. The second kappa shape index (κ2) is 8.42. The molecule has 2 amide bonds. The summed E-state index contributed by atoms with van der Waals surface area (Å²) in [5, 5.41) is 13.2. The zero-order chi connectivity index (χ0) is 18.5.